The predicted molar refractivity (Wildman–Crippen MR) is 45.8 cm³/mol. The summed E-state index contributed by atoms with van der Waals surface area (Å²) in [7, 11) is 0. The Bertz CT molecular complexity index is 126. The van der Waals surface area contributed by atoms with Gasteiger partial charge >= 0.3 is 5.97 Å². The highest BCUT2D eigenvalue weighted by Gasteiger charge is 1.95. The zero-order chi connectivity index (χ0) is 9.94. The minimum Gasteiger partial charge on any atom is -0.480 e. The van der Waals surface area contributed by atoms with E-state index in [4.69, 9.17) is 19.3 Å². The molecule has 0 fully saturated rings. The maximum absolute atomic E-state index is 9.99. The third-order valence-electron chi connectivity index (χ3n) is 1.17. The van der Waals surface area contributed by atoms with E-state index >= 15 is 0 Å². The highest BCUT2D eigenvalue weighted by Crippen LogP contribution is 1.80. The second-order valence-electron chi connectivity index (χ2n) is 2.26. The van der Waals surface area contributed by atoms with Crippen LogP contribution in [0.4, 0.5) is 0 Å². The van der Waals surface area contributed by atoms with Crippen LogP contribution in [-0.4, -0.2) is 50.7 Å². The molecule has 13 heavy (non-hydrogen) atoms. The van der Waals surface area contributed by atoms with Crippen molar-refractivity contribution in [3.8, 4) is 0 Å². The van der Waals surface area contributed by atoms with E-state index < -0.39 is 5.97 Å². The highest BCUT2D eigenvalue weighted by atomic mass is 16.5. The van der Waals surface area contributed by atoms with E-state index in [1.54, 1.807) is 0 Å². The summed E-state index contributed by atoms with van der Waals surface area (Å²) in [5.74, 6) is -0.964. The van der Waals surface area contributed by atoms with Gasteiger partial charge in [-0.25, -0.2) is 4.79 Å². The Kier molecular flexibility index (Phi) is 8.97. The molecule has 0 aliphatic rings. The largest absolute Gasteiger partial charge is 0.480 e. The van der Waals surface area contributed by atoms with Crippen molar-refractivity contribution in [3.05, 3.63) is 0 Å². The van der Waals surface area contributed by atoms with Crippen LogP contribution < -0.4 is 0 Å². The zero-order valence-electron chi connectivity index (χ0n) is 7.82. The molecule has 0 saturated heterocycles. The van der Waals surface area contributed by atoms with Crippen molar-refractivity contribution in [2.75, 3.05) is 39.6 Å². The van der Waals surface area contributed by atoms with Crippen molar-refractivity contribution in [1.82, 2.24) is 0 Å². The lowest BCUT2D eigenvalue weighted by molar-refractivity contribution is -0.142. The number of carboxylic acid groups (broad SMARTS) is 1. The average Bonchev–Trinajstić information content (AvgIpc) is 2.09. The third kappa shape index (κ3) is 11.3. The molecule has 0 radical (unpaired) electrons. The topological polar surface area (TPSA) is 65.0 Å². The molecule has 0 unspecified atom stereocenters. The van der Waals surface area contributed by atoms with Gasteiger partial charge in [-0.15, -0.1) is 0 Å². The summed E-state index contributed by atoms with van der Waals surface area (Å²) in [6.07, 6.45) is 0. The van der Waals surface area contributed by atoms with E-state index in [9.17, 15) is 4.79 Å². The molecule has 0 aliphatic heterocycles. The second-order valence-corrected chi connectivity index (χ2v) is 2.26. The SMILES string of the molecule is CCOCCOCCOCC(=O)O. The lowest BCUT2D eigenvalue weighted by Crippen LogP contribution is -2.13. The predicted octanol–water partition coefficient (Wildman–Crippen LogP) is 0.141. The van der Waals surface area contributed by atoms with Crippen molar-refractivity contribution in [2.45, 2.75) is 6.92 Å². The zero-order valence-corrected chi connectivity index (χ0v) is 7.82. The van der Waals surface area contributed by atoms with Crippen LogP contribution in [0, 0.1) is 0 Å². The average molecular weight is 192 g/mol. The first-order chi connectivity index (χ1) is 6.27. The van der Waals surface area contributed by atoms with Gasteiger partial charge < -0.3 is 19.3 Å². The van der Waals surface area contributed by atoms with Gasteiger partial charge in [-0.1, -0.05) is 0 Å². The standard InChI is InChI=1S/C8H16O5/c1-2-11-3-4-12-5-6-13-7-8(9)10/h2-7H2,1H3,(H,9,10). The number of hydrogen-bond donors (Lipinski definition) is 1. The lowest BCUT2D eigenvalue weighted by Gasteiger charge is -2.03. The first kappa shape index (κ1) is 12.3. The number of carbonyl (C=O) groups is 1. The molecule has 0 heterocycles. The monoisotopic (exact) mass is 192 g/mol. The molecule has 0 amide bonds. The van der Waals surface area contributed by atoms with Gasteiger partial charge in [0.15, 0.2) is 0 Å². The van der Waals surface area contributed by atoms with Gasteiger partial charge in [0.25, 0.3) is 0 Å². The maximum Gasteiger partial charge on any atom is 0.329 e. The molecule has 0 aromatic rings. The van der Waals surface area contributed by atoms with E-state index in [0.29, 0.717) is 33.0 Å². The molecule has 1 N–H and O–H groups in total. The number of rotatable bonds is 9. The molecule has 0 bridgehead atoms. The van der Waals surface area contributed by atoms with Crippen LogP contribution in [0.1, 0.15) is 6.92 Å². The van der Waals surface area contributed by atoms with Gasteiger partial charge in [-0.05, 0) is 6.92 Å². The molecule has 0 spiro atoms. The van der Waals surface area contributed by atoms with Crippen LogP contribution in [0.5, 0.6) is 0 Å². The fraction of sp³-hybridized carbons (Fsp3) is 0.875. The van der Waals surface area contributed by atoms with Gasteiger partial charge in [0.1, 0.15) is 6.61 Å². The Balaban J connectivity index is 2.87. The Hall–Kier alpha value is -0.650. The van der Waals surface area contributed by atoms with Crippen LogP contribution in [0.3, 0.4) is 0 Å². The Morgan fingerprint density at radius 1 is 1.08 bits per heavy atom. The van der Waals surface area contributed by atoms with Crippen LogP contribution in [-0.2, 0) is 19.0 Å². The summed E-state index contributed by atoms with van der Waals surface area (Å²) in [6, 6.07) is 0. The minimum absolute atomic E-state index is 0.269. The van der Waals surface area contributed by atoms with Gasteiger partial charge in [-0.2, -0.15) is 0 Å². The normalized spacial score (nSPS) is 10.2. The van der Waals surface area contributed by atoms with E-state index in [-0.39, 0.29) is 6.61 Å². The van der Waals surface area contributed by atoms with Crippen molar-refractivity contribution in [3.63, 3.8) is 0 Å². The summed E-state index contributed by atoms with van der Waals surface area (Å²) in [6.45, 7) is 4.11. The molecular weight excluding hydrogens is 176 g/mol. The van der Waals surface area contributed by atoms with E-state index in [2.05, 4.69) is 0 Å². The van der Waals surface area contributed by atoms with Crippen LogP contribution >= 0.6 is 0 Å². The van der Waals surface area contributed by atoms with Crippen molar-refractivity contribution >= 4 is 5.97 Å². The number of aliphatic carboxylic acids is 1. The number of hydrogen-bond acceptors (Lipinski definition) is 4. The molecule has 5 nitrogen and oxygen atoms in total. The smallest absolute Gasteiger partial charge is 0.329 e. The van der Waals surface area contributed by atoms with Crippen LogP contribution in [0.25, 0.3) is 0 Å². The summed E-state index contributed by atoms with van der Waals surface area (Å²) >= 11 is 0. The molecule has 5 heteroatoms. The third-order valence-corrected chi connectivity index (χ3v) is 1.17. The molecule has 78 valence electrons. The summed E-state index contributed by atoms with van der Waals surface area (Å²) in [5, 5.41) is 8.20. The fourth-order valence-electron chi connectivity index (χ4n) is 0.642. The van der Waals surface area contributed by atoms with Gasteiger partial charge in [0.05, 0.1) is 26.4 Å². The van der Waals surface area contributed by atoms with Crippen molar-refractivity contribution in [1.29, 1.82) is 0 Å². The van der Waals surface area contributed by atoms with Crippen LogP contribution in [0.15, 0.2) is 0 Å². The Morgan fingerprint density at radius 3 is 2.15 bits per heavy atom. The quantitative estimate of drug-likeness (QED) is 0.526. The summed E-state index contributed by atoms with van der Waals surface area (Å²) in [5.41, 5.74) is 0. The minimum atomic E-state index is -0.964. The highest BCUT2D eigenvalue weighted by molar-refractivity contribution is 5.67. The molecule has 0 atom stereocenters. The molecule has 0 aromatic carbocycles. The molecule has 0 aromatic heterocycles. The van der Waals surface area contributed by atoms with Crippen molar-refractivity contribution in [2.24, 2.45) is 0 Å². The van der Waals surface area contributed by atoms with Crippen LogP contribution in [0.2, 0.25) is 0 Å². The van der Waals surface area contributed by atoms with E-state index in [0.717, 1.165) is 0 Å². The van der Waals surface area contributed by atoms with E-state index in [1.165, 1.54) is 0 Å². The van der Waals surface area contributed by atoms with Gasteiger partial charge in [0, 0.05) is 6.61 Å². The first-order valence-corrected chi connectivity index (χ1v) is 4.22. The molecule has 0 saturated carbocycles. The Morgan fingerprint density at radius 2 is 1.62 bits per heavy atom. The number of ether oxygens (including phenoxy) is 3. The Labute approximate surface area is 77.6 Å². The lowest BCUT2D eigenvalue weighted by atomic mass is 10.7. The summed E-state index contributed by atoms with van der Waals surface area (Å²) in [4.78, 5) is 9.99. The summed E-state index contributed by atoms with van der Waals surface area (Å²) < 4.78 is 14.8. The van der Waals surface area contributed by atoms with Gasteiger partial charge in [-0.3, -0.25) is 0 Å². The van der Waals surface area contributed by atoms with E-state index in [1.807, 2.05) is 6.92 Å². The molecule has 0 aliphatic carbocycles. The molecule has 0 rings (SSSR count). The fourth-order valence-corrected chi connectivity index (χ4v) is 0.642. The van der Waals surface area contributed by atoms with Gasteiger partial charge in [0.2, 0.25) is 0 Å². The van der Waals surface area contributed by atoms with Crippen molar-refractivity contribution < 1.29 is 24.1 Å². The molecular formula is C8H16O5. The second kappa shape index (κ2) is 9.44. The number of carboxylic acids is 1. The first-order valence-electron chi connectivity index (χ1n) is 4.22. The maximum atomic E-state index is 9.99.